The van der Waals surface area contributed by atoms with Gasteiger partial charge in [0.2, 0.25) is 5.91 Å². The molecule has 4 heteroatoms. The molecule has 1 atom stereocenters. The third-order valence-electron chi connectivity index (χ3n) is 2.36. The van der Waals surface area contributed by atoms with Gasteiger partial charge in [0.05, 0.1) is 12.0 Å². The fourth-order valence-corrected chi connectivity index (χ4v) is 1.45. The number of nitrogens with one attached hydrogen (secondary N) is 1. The van der Waals surface area contributed by atoms with E-state index in [0.717, 1.165) is 19.3 Å². The highest BCUT2D eigenvalue weighted by Gasteiger charge is 2.14. The van der Waals surface area contributed by atoms with Gasteiger partial charge in [-0.1, -0.05) is 13.3 Å². The fourth-order valence-electron chi connectivity index (χ4n) is 1.45. The van der Waals surface area contributed by atoms with Crippen molar-refractivity contribution in [1.82, 2.24) is 5.32 Å². The summed E-state index contributed by atoms with van der Waals surface area (Å²) in [5.74, 6) is 0.0462. The maximum Gasteiger partial charge on any atom is 0.224 e. The predicted molar refractivity (Wildman–Crippen MR) is 66.2 cm³/mol. The lowest BCUT2D eigenvalue weighted by Crippen LogP contribution is -2.35. The van der Waals surface area contributed by atoms with Crippen LogP contribution in [-0.4, -0.2) is 31.7 Å². The number of rotatable bonds is 9. The zero-order valence-electron chi connectivity index (χ0n) is 10.8. The summed E-state index contributed by atoms with van der Waals surface area (Å²) in [5.41, 5.74) is 5.54. The normalized spacial score (nSPS) is 12.8. The van der Waals surface area contributed by atoms with Crippen molar-refractivity contribution in [3.63, 3.8) is 0 Å². The third-order valence-corrected chi connectivity index (χ3v) is 2.36. The van der Waals surface area contributed by atoms with Crippen LogP contribution in [0.4, 0.5) is 0 Å². The van der Waals surface area contributed by atoms with Crippen LogP contribution >= 0.6 is 0 Å². The zero-order chi connectivity index (χ0) is 12.4. The van der Waals surface area contributed by atoms with Gasteiger partial charge in [-0.3, -0.25) is 4.79 Å². The van der Waals surface area contributed by atoms with Crippen molar-refractivity contribution >= 4 is 5.91 Å². The lowest BCUT2D eigenvalue weighted by atomic mass is 10.0. The molecule has 0 aliphatic carbocycles. The quantitative estimate of drug-likeness (QED) is 0.587. The maximum atomic E-state index is 11.6. The molecule has 96 valence electrons. The molecule has 0 aliphatic rings. The van der Waals surface area contributed by atoms with Crippen LogP contribution in [0.15, 0.2) is 0 Å². The van der Waals surface area contributed by atoms with Crippen molar-refractivity contribution in [2.45, 2.75) is 46.1 Å². The standard InChI is InChI=1S/C12H26N2O2/c1-4-6-11(9-13)12(15)14-7-5-8-16-10(2)3/h10-11H,4-9,13H2,1-3H3,(H,14,15). The molecule has 0 aliphatic heterocycles. The summed E-state index contributed by atoms with van der Waals surface area (Å²) in [7, 11) is 0. The van der Waals surface area contributed by atoms with Crippen molar-refractivity contribution in [2.75, 3.05) is 19.7 Å². The number of hydrogen-bond donors (Lipinski definition) is 2. The van der Waals surface area contributed by atoms with Crippen molar-refractivity contribution in [3.8, 4) is 0 Å². The summed E-state index contributed by atoms with van der Waals surface area (Å²) in [4.78, 5) is 11.6. The molecule has 0 radical (unpaired) electrons. The van der Waals surface area contributed by atoms with E-state index in [9.17, 15) is 4.79 Å². The number of ether oxygens (including phenoxy) is 1. The fraction of sp³-hybridized carbons (Fsp3) is 0.917. The van der Waals surface area contributed by atoms with Crippen LogP contribution in [0, 0.1) is 5.92 Å². The highest BCUT2D eigenvalue weighted by molar-refractivity contribution is 5.78. The summed E-state index contributed by atoms with van der Waals surface area (Å²) >= 11 is 0. The Morgan fingerprint density at radius 1 is 1.44 bits per heavy atom. The van der Waals surface area contributed by atoms with E-state index in [1.54, 1.807) is 0 Å². The van der Waals surface area contributed by atoms with Gasteiger partial charge in [-0.05, 0) is 26.7 Å². The molecule has 4 nitrogen and oxygen atoms in total. The van der Waals surface area contributed by atoms with Crippen LogP contribution in [0.5, 0.6) is 0 Å². The smallest absolute Gasteiger partial charge is 0.224 e. The van der Waals surface area contributed by atoms with Crippen LogP contribution in [0.1, 0.15) is 40.0 Å². The predicted octanol–water partition coefficient (Wildman–Crippen LogP) is 1.29. The minimum Gasteiger partial charge on any atom is -0.379 e. The Bertz CT molecular complexity index is 184. The maximum absolute atomic E-state index is 11.6. The molecule has 1 unspecified atom stereocenters. The number of hydrogen-bond acceptors (Lipinski definition) is 3. The Morgan fingerprint density at radius 3 is 2.62 bits per heavy atom. The van der Waals surface area contributed by atoms with Gasteiger partial charge in [0.15, 0.2) is 0 Å². The molecule has 0 saturated carbocycles. The van der Waals surface area contributed by atoms with E-state index in [1.165, 1.54) is 0 Å². The van der Waals surface area contributed by atoms with E-state index in [2.05, 4.69) is 12.2 Å². The summed E-state index contributed by atoms with van der Waals surface area (Å²) in [6.45, 7) is 7.87. The topological polar surface area (TPSA) is 64.4 Å². The highest BCUT2D eigenvalue weighted by atomic mass is 16.5. The first-order valence-electron chi connectivity index (χ1n) is 6.21. The highest BCUT2D eigenvalue weighted by Crippen LogP contribution is 2.04. The molecule has 0 heterocycles. The molecule has 0 aromatic heterocycles. The van der Waals surface area contributed by atoms with Gasteiger partial charge >= 0.3 is 0 Å². The number of carbonyl (C=O) groups excluding carboxylic acids is 1. The minimum atomic E-state index is -0.0315. The first-order valence-corrected chi connectivity index (χ1v) is 6.21. The Labute approximate surface area is 98.9 Å². The van der Waals surface area contributed by atoms with E-state index in [4.69, 9.17) is 10.5 Å². The zero-order valence-corrected chi connectivity index (χ0v) is 10.8. The Morgan fingerprint density at radius 2 is 2.12 bits per heavy atom. The first kappa shape index (κ1) is 15.4. The largest absolute Gasteiger partial charge is 0.379 e. The second kappa shape index (κ2) is 9.60. The Hall–Kier alpha value is -0.610. The average molecular weight is 230 g/mol. The van der Waals surface area contributed by atoms with E-state index >= 15 is 0 Å². The second-order valence-corrected chi connectivity index (χ2v) is 4.29. The van der Waals surface area contributed by atoms with Crippen molar-refractivity contribution < 1.29 is 9.53 Å². The molecule has 0 rings (SSSR count). The molecule has 0 bridgehead atoms. The molecule has 0 aromatic carbocycles. The van der Waals surface area contributed by atoms with Gasteiger partial charge in [-0.25, -0.2) is 0 Å². The number of carbonyl (C=O) groups is 1. The Balaban J connectivity index is 3.55. The van der Waals surface area contributed by atoms with Crippen LogP contribution in [0.2, 0.25) is 0 Å². The number of amides is 1. The van der Waals surface area contributed by atoms with Crippen LogP contribution in [0.3, 0.4) is 0 Å². The van der Waals surface area contributed by atoms with E-state index in [1.807, 2.05) is 13.8 Å². The van der Waals surface area contributed by atoms with Gasteiger partial charge < -0.3 is 15.8 Å². The van der Waals surface area contributed by atoms with Gasteiger partial charge in [-0.2, -0.15) is 0 Å². The number of nitrogens with two attached hydrogens (primary N) is 1. The molecule has 0 spiro atoms. The molecular formula is C12H26N2O2. The molecule has 3 N–H and O–H groups in total. The SMILES string of the molecule is CCCC(CN)C(=O)NCCCOC(C)C. The van der Waals surface area contributed by atoms with E-state index in [-0.39, 0.29) is 17.9 Å². The minimum absolute atomic E-state index is 0.0315. The van der Waals surface area contributed by atoms with Crippen LogP contribution in [-0.2, 0) is 9.53 Å². The first-order chi connectivity index (χ1) is 7.61. The van der Waals surface area contributed by atoms with E-state index in [0.29, 0.717) is 19.7 Å². The summed E-state index contributed by atoms with van der Waals surface area (Å²) in [6, 6.07) is 0. The molecule has 0 fully saturated rings. The lowest BCUT2D eigenvalue weighted by Gasteiger charge is -2.14. The van der Waals surface area contributed by atoms with Crippen LogP contribution in [0.25, 0.3) is 0 Å². The van der Waals surface area contributed by atoms with Gasteiger partial charge in [-0.15, -0.1) is 0 Å². The summed E-state index contributed by atoms with van der Waals surface area (Å²) in [5, 5.41) is 2.89. The molecular weight excluding hydrogens is 204 g/mol. The average Bonchev–Trinajstić information content (AvgIpc) is 2.24. The molecule has 0 saturated heterocycles. The van der Waals surface area contributed by atoms with Crippen molar-refractivity contribution in [3.05, 3.63) is 0 Å². The van der Waals surface area contributed by atoms with Gasteiger partial charge in [0, 0.05) is 19.7 Å². The summed E-state index contributed by atoms with van der Waals surface area (Å²) in [6.07, 6.45) is 2.97. The molecule has 1 amide bonds. The third kappa shape index (κ3) is 7.65. The van der Waals surface area contributed by atoms with Crippen molar-refractivity contribution in [2.24, 2.45) is 11.7 Å². The van der Waals surface area contributed by atoms with Gasteiger partial charge in [0.1, 0.15) is 0 Å². The molecule has 0 aromatic rings. The second-order valence-electron chi connectivity index (χ2n) is 4.29. The van der Waals surface area contributed by atoms with Crippen LogP contribution < -0.4 is 11.1 Å². The molecule has 16 heavy (non-hydrogen) atoms. The monoisotopic (exact) mass is 230 g/mol. The summed E-state index contributed by atoms with van der Waals surface area (Å²) < 4.78 is 5.38. The van der Waals surface area contributed by atoms with Crippen molar-refractivity contribution in [1.29, 1.82) is 0 Å². The Kier molecular flexibility index (Phi) is 9.24. The lowest BCUT2D eigenvalue weighted by molar-refractivity contribution is -0.124. The van der Waals surface area contributed by atoms with E-state index < -0.39 is 0 Å². The van der Waals surface area contributed by atoms with Gasteiger partial charge in [0.25, 0.3) is 0 Å².